The molecule has 0 N–H and O–H groups in total. The lowest BCUT2D eigenvalue weighted by Crippen LogP contribution is -2.19. The fourth-order valence-corrected chi connectivity index (χ4v) is 4.99. The summed E-state index contributed by atoms with van der Waals surface area (Å²) in [5, 5.41) is 1.27. The minimum Gasteiger partial charge on any atom is -0.545 e. The molecule has 0 aliphatic heterocycles. The SMILES string of the molecule is CCc1cc(C)cc(Oc2cc(CC)cc(Oc3cc(CC)cc(O[SiH2]c4ccccc4)c3)c2)c1. The fraction of sp³-hybridized carbons (Fsp3) is 0.226. The van der Waals surface area contributed by atoms with Gasteiger partial charge in [-0.3, -0.25) is 0 Å². The van der Waals surface area contributed by atoms with E-state index in [1.165, 1.54) is 27.4 Å². The maximum atomic E-state index is 6.36. The number of rotatable bonds is 10. The van der Waals surface area contributed by atoms with Crippen molar-refractivity contribution >= 4 is 14.9 Å². The van der Waals surface area contributed by atoms with Crippen LogP contribution in [0.1, 0.15) is 43.0 Å². The van der Waals surface area contributed by atoms with Crippen LogP contribution in [-0.4, -0.2) is 9.76 Å². The Hall–Kier alpha value is -3.50. The first kappa shape index (κ1) is 24.6. The average molecular weight is 483 g/mol. The van der Waals surface area contributed by atoms with Gasteiger partial charge < -0.3 is 13.9 Å². The molecule has 0 aliphatic rings. The quantitative estimate of drug-likeness (QED) is 0.227. The van der Waals surface area contributed by atoms with Gasteiger partial charge in [-0.2, -0.15) is 0 Å². The summed E-state index contributed by atoms with van der Waals surface area (Å²) < 4.78 is 18.9. The van der Waals surface area contributed by atoms with Crippen molar-refractivity contribution in [2.24, 2.45) is 0 Å². The Balaban J connectivity index is 1.56. The lowest BCUT2D eigenvalue weighted by molar-refractivity contribution is 0.457. The summed E-state index contributed by atoms with van der Waals surface area (Å²) in [6, 6.07) is 29.1. The minimum atomic E-state index is -0.854. The molecule has 0 bridgehead atoms. The van der Waals surface area contributed by atoms with Gasteiger partial charge in [0, 0.05) is 12.1 Å². The van der Waals surface area contributed by atoms with Crippen molar-refractivity contribution in [3.63, 3.8) is 0 Å². The third-order valence-electron chi connectivity index (χ3n) is 5.93. The molecule has 180 valence electrons. The summed E-state index contributed by atoms with van der Waals surface area (Å²) in [5.74, 6) is 4.05. The van der Waals surface area contributed by atoms with Crippen LogP contribution in [0.4, 0.5) is 0 Å². The van der Waals surface area contributed by atoms with Crippen molar-refractivity contribution in [3.05, 3.63) is 107 Å². The summed E-state index contributed by atoms with van der Waals surface area (Å²) in [6.45, 7) is 8.55. The average Bonchev–Trinajstić information content (AvgIpc) is 2.87. The molecule has 0 atom stereocenters. The van der Waals surface area contributed by atoms with Gasteiger partial charge in [0.15, 0.2) is 0 Å². The maximum absolute atomic E-state index is 6.36. The van der Waals surface area contributed by atoms with Gasteiger partial charge in [0.2, 0.25) is 0 Å². The van der Waals surface area contributed by atoms with Gasteiger partial charge in [-0.1, -0.05) is 57.2 Å². The molecule has 3 nitrogen and oxygen atoms in total. The van der Waals surface area contributed by atoms with E-state index >= 15 is 0 Å². The zero-order valence-electron chi connectivity index (χ0n) is 21.1. The highest BCUT2D eigenvalue weighted by Gasteiger charge is 2.09. The second kappa shape index (κ2) is 11.8. The zero-order valence-corrected chi connectivity index (χ0v) is 22.6. The molecule has 35 heavy (non-hydrogen) atoms. The van der Waals surface area contributed by atoms with Gasteiger partial charge in [-0.15, -0.1) is 0 Å². The molecule has 0 aliphatic carbocycles. The van der Waals surface area contributed by atoms with E-state index in [0.717, 1.165) is 48.0 Å². The molecule has 0 saturated heterocycles. The minimum absolute atomic E-state index is 0.766. The fourth-order valence-electron chi connectivity index (χ4n) is 4.03. The lowest BCUT2D eigenvalue weighted by Gasteiger charge is -2.14. The Bertz CT molecular complexity index is 1270. The number of aryl methyl sites for hydroxylation is 4. The first-order valence-electron chi connectivity index (χ1n) is 12.5. The van der Waals surface area contributed by atoms with E-state index in [9.17, 15) is 0 Å². The monoisotopic (exact) mass is 482 g/mol. The number of benzene rings is 4. The second-order valence-corrected chi connectivity index (χ2v) is 10.2. The van der Waals surface area contributed by atoms with Crippen LogP contribution in [0.3, 0.4) is 0 Å². The van der Waals surface area contributed by atoms with Crippen molar-refractivity contribution in [1.82, 2.24) is 0 Å². The Labute approximate surface area is 211 Å². The molecule has 4 aromatic carbocycles. The molecule has 4 aromatic rings. The molecule has 0 fully saturated rings. The number of hydrogen-bond donors (Lipinski definition) is 0. The maximum Gasteiger partial charge on any atom is 0.251 e. The van der Waals surface area contributed by atoms with Crippen LogP contribution < -0.4 is 19.1 Å². The van der Waals surface area contributed by atoms with Crippen LogP contribution in [0.25, 0.3) is 0 Å². The van der Waals surface area contributed by atoms with Gasteiger partial charge in [-0.25, -0.2) is 0 Å². The molecule has 0 heterocycles. The normalized spacial score (nSPS) is 11.1. The van der Waals surface area contributed by atoms with Crippen molar-refractivity contribution in [2.75, 3.05) is 0 Å². The van der Waals surface area contributed by atoms with E-state index in [0.29, 0.717) is 0 Å². The molecular formula is C31H34O3Si. The van der Waals surface area contributed by atoms with Crippen molar-refractivity contribution in [3.8, 4) is 28.7 Å². The summed E-state index contributed by atoms with van der Waals surface area (Å²) in [5.41, 5.74) is 4.83. The molecule has 0 saturated carbocycles. The molecule has 4 heteroatoms. The summed E-state index contributed by atoms with van der Waals surface area (Å²) in [7, 11) is -0.854. The van der Waals surface area contributed by atoms with Crippen LogP contribution in [0.2, 0.25) is 0 Å². The van der Waals surface area contributed by atoms with Gasteiger partial charge in [-0.05, 0) is 90.0 Å². The number of hydrogen-bond acceptors (Lipinski definition) is 3. The van der Waals surface area contributed by atoms with E-state index in [1.54, 1.807) is 0 Å². The van der Waals surface area contributed by atoms with E-state index in [-0.39, 0.29) is 0 Å². The van der Waals surface area contributed by atoms with Gasteiger partial charge in [0.25, 0.3) is 9.76 Å². The van der Waals surface area contributed by atoms with Crippen LogP contribution in [0.5, 0.6) is 28.7 Å². The summed E-state index contributed by atoms with van der Waals surface area (Å²) in [4.78, 5) is 0. The van der Waals surface area contributed by atoms with Crippen LogP contribution in [0.15, 0.2) is 84.9 Å². The number of ether oxygens (including phenoxy) is 2. The van der Waals surface area contributed by atoms with E-state index in [4.69, 9.17) is 13.9 Å². The predicted octanol–water partition coefficient (Wildman–Crippen LogP) is 7.05. The van der Waals surface area contributed by atoms with E-state index < -0.39 is 9.76 Å². The van der Waals surface area contributed by atoms with Crippen molar-refractivity contribution in [2.45, 2.75) is 47.0 Å². The molecule has 0 spiro atoms. The molecule has 0 aromatic heterocycles. The topological polar surface area (TPSA) is 27.7 Å². The highest BCUT2D eigenvalue weighted by Crippen LogP contribution is 2.33. The molecule has 4 rings (SSSR count). The standard InChI is InChI=1S/C31H34O3Si/c1-5-23-13-22(4)14-26(15-23)32-27-16-24(6-2)17-28(20-27)33-29-18-25(7-3)19-30(21-29)34-35-31-11-9-8-10-12-31/h8-21H,5-7,35H2,1-4H3. The Morgan fingerprint density at radius 3 is 1.54 bits per heavy atom. The molecular weight excluding hydrogens is 448 g/mol. The molecule has 0 amide bonds. The van der Waals surface area contributed by atoms with Crippen LogP contribution in [0, 0.1) is 6.92 Å². The van der Waals surface area contributed by atoms with Gasteiger partial charge >= 0.3 is 0 Å². The predicted molar refractivity (Wildman–Crippen MR) is 148 cm³/mol. The van der Waals surface area contributed by atoms with Crippen LogP contribution >= 0.6 is 0 Å². The van der Waals surface area contributed by atoms with Gasteiger partial charge in [0.05, 0.1) is 0 Å². The van der Waals surface area contributed by atoms with Crippen LogP contribution in [-0.2, 0) is 19.3 Å². The third kappa shape index (κ3) is 7.00. The second-order valence-electron chi connectivity index (χ2n) is 8.82. The van der Waals surface area contributed by atoms with Crippen molar-refractivity contribution < 1.29 is 13.9 Å². The molecule has 0 unspecified atom stereocenters. The van der Waals surface area contributed by atoms with Gasteiger partial charge in [0.1, 0.15) is 28.7 Å². The zero-order chi connectivity index (χ0) is 24.6. The third-order valence-corrected chi connectivity index (χ3v) is 7.22. The first-order chi connectivity index (χ1) is 17.0. The molecule has 0 radical (unpaired) electrons. The first-order valence-corrected chi connectivity index (χ1v) is 13.7. The van der Waals surface area contributed by atoms with Crippen molar-refractivity contribution in [1.29, 1.82) is 0 Å². The summed E-state index contributed by atoms with van der Waals surface area (Å²) >= 11 is 0. The lowest BCUT2D eigenvalue weighted by atomic mass is 10.1. The highest BCUT2D eigenvalue weighted by molar-refractivity contribution is 6.47. The van der Waals surface area contributed by atoms with E-state index in [2.05, 4.69) is 94.4 Å². The Kier molecular flexibility index (Phi) is 8.27. The Morgan fingerprint density at radius 2 is 1.00 bits per heavy atom. The van der Waals surface area contributed by atoms with E-state index in [1.807, 2.05) is 18.2 Å². The largest absolute Gasteiger partial charge is 0.545 e. The smallest absolute Gasteiger partial charge is 0.251 e. The highest BCUT2D eigenvalue weighted by atomic mass is 28.2. The Morgan fingerprint density at radius 1 is 0.543 bits per heavy atom. The summed E-state index contributed by atoms with van der Waals surface area (Å²) in [6.07, 6.45) is 2.79.